The van der Waals surface area contributed by atoms with Crippen molar-refractivity contribution < 1.29 is 14.3 Å². The Morgan fingerprint density at radius 1 is 1.24 bits per heavy atom. The molecule has 0 aliphatic carbocycles. The van der Waals surface area contributed by atoms with E-state index in [1.807, 2.05) is 13.0 Å². The van der Waals surface area contributed by atoms with Gasteiger partial charge in [-0.05, 0) is 34.5 Å². The average molecular weight is 391 g/mol. The highest BCUT2D eigenvalue weighted by molar-refractivity contribution is 9.11. The molecule has 0 spiro atoms. The number of halogens is 2. The number of amides is 1. The molecule has 4 nitrogen and oxygen atoms in total. The summed E-state index contributed by atoms with van der Waals surface area (Å²) in [5.74, 6) is 0.791. The molecule has 1 heterocycles. The van der Waals surface area contributed by atoms with Crippen molar-refractivity contribution in [2.75, 3.05) is 19.5 Å². The Balaban J connectivity index is 2.28. The summed E-state index contributed by atoms with van der Waals surface area (Å²) in [7, 11) is 3.05. The van der Waals surface area contributed by atoms with E-state index >= 15 is 0 Å². The predicted molar refractivity (Wildman–Crippen MR) is 89.3 cm³/mol. The number of rotatable bonds is 4. The van der Waals surface area contributed by atoms with Gasteiger partial charge in [-0.3, -0.25) is 4.79 Å². The van der Waals surface area contributed by atoms with Crippen molar-refractivity contribution in [2.24, 2.45) is 0 Å². The van der Waals surface area contributed by atoms with Crippen LogP contribution in [0.3, 0.4) is 0 Å². The molecule has 1 amide bonds. The summed E-state index contributed by atoms with van der Waals surface area (Å²) < 4.78 is 11.3. The van der Waals surface area contributed by atoms with Crippen LogP contribution in [0.5, 0.6) is 11.5 Å². The van der Waals surface area contributed by atoms with Gasteiger partial charge in [-0.1, -0.05) is 11.6 Å². The largest absolute Gasteiger partial charge is 0.493 e. The maximum Gasteiger partial charge on any atom is 0.265 e. The number of thiophene rings is 1. The highest BCUT2D eigenvalue weighted by atomic mass is 79.9. The molecule has 0 unspecified atom stereocenters. The van der Waals surface area contributed by atoms with Crippen molar-refractivity contribution in [3.8, 4) is 11.5 Å². The normalized spacial score (nSPS) is 10.3. The molecule has 0 bridgehead atoms. The molecule has 0 saturated heterocycles. The van der Waals surface area contributed by atoms with Crippen molar-refractivity contribution in [2.45, 2.75) is 6.92 Å². The number of carbonyl (C=O) groups excluding carboxylic acids is 1. The first-order chi connectivity index (χ1) is 9.96. The van der Waals surface area contributed by atoms with Gasteiger partial charge >= 0.3 is 0 Å². The molecule has 1 aromatic carbocycles. The van der Waals surface area contributed by atoms with Gasteiger partial charge in [0.2, 0.25) is 0 Å². The summed E-state index contributed by atoms with van der Waals surface area (Å²) in [4.78, 5) is 12.8. The molecule has 0 radical (unpaired) electrons. The number of ether oxygens (including phenoxy) is 2. The molecule has 21 heavy (non-hydrogen) atoms. The Morgan fingerprint density at radius 3 is 2.38 bits per heavy atom. The highest BCUT2D eigenvalue weighted by Crippen LogP contribution is 2.36. The van der Waals surface area contributed by atoms with E-state index in [1.54, 1.807) is 12.1 Å². The summed E-state index contributed by atoms with van der Waals surface area (Å²) in [5.41, 5.74) is 1.49. The predicted octanol–water partition coefficient (Wildman–Crippen LogP) is 4.74. The van der Waals surface area contributed by atoms with Crippen LogP contribution in [0.4, 0.5) is 5.69 Å². The second kappa shape index (κ2) is 6.68. The third-order valence-corrected chi connectivity index (χ3v) is 5.25. The smallest absolute Gasteiger partial charge is 0.265 e. The molecular formula is C14H13BrClNO3S. The minimum atomic E-state index is -0.220. The zero-order chi connectivity index (χ0) is 15.6. The van der Waals surface area contributed by atoms with Gasteiger partial charge in [-0.25, -0.2) is 0 Å². The monoisotopic (exact) mass is 389 g/mol. The standard InChI is InChI=1S/C14H13BrClNO3S/c1-7-4-12(21-13(7)15)14(18)17-9-6-11(20-3)10(19-2)5-8(9)16/h4-6H,1-3H3,(H,17,18). The number of carbonyl (C=O) groups is 1. The van der Waals surface area contributed by atoms with E-state index in [9.17, 15) is 4.79 Å². The second-order valence-electron chi connectivity index (χ2n) is 4.21. The summed E-state index contributed by atoms with van der Waals surface area (Å²) in [5, 5.41) is 3.16. The van der Waals surface area contributed by atoms with Gasteiger partial charge in [-0.2, -0.15) is 0 Å². The van der Waals surface area contributed by atoms with Crippen molar-refractivity contribution in [1.82, 2.24) is 0 Å². The number of anilines is 1. The van der Waals surface area contributed by atoms with Crippen molar-refractivity contribution in [3.63, 3.8) is 0 Å². The van der Waals surface area contributed by atoms with Crippen molar-refractivity contribution >= 4 is 50.5 Å². The minimum absolute atomic E-state index is 0.220. The third-order valence-electron chi connectivity index (χ3n) is 2.80. The molecular weight excluding hydrogens is 378 g/mol. The number of hydrogen-bond donors (Lipinski definition) is 1. The lowest BCUT2D eigenvalue weighted by molar-refractivity contribution is 0.103. The second-order valence-corrected chi connectivity index (χ2v) is 6.99. The van der Waals surface area contributed by atoms with E-state index in [4.69, 9.17) is 21.1 Å². The lowest BCUT2D eigenvalue weighted by Gasteiger charge is -2.12. The van der Waals surface area contributed by atoms with Gasteiger partial charge in [0, 0.05) is 12.1 Å². The van der Waals surface area contributed by atoms with E-state index in [2.05, 4.69) is 21.2 Å². The molecule has 7 heteroatoms. The SMILES string of the molecule is COc1cc(Cl)c(NC(=O)c2cc(C)c(Br)s2)cc1OC. The summed E-state index contributed by atoms with van der Waals surface area (Å²) in [6.07, 6.45) is 0. The van der Waals surface area contributed by atoms with Gasteiger partial charge in [-0.15, -0.1) is 11.3 Å². The zero-order valence-electron chi connectivity index (χ0n) is 11.6. The van der Waals surface area contributed by atoms with Gasteiger partial charge < -0.3 is 14.8 Å². The highest BCUT2D eigenvalue weighted by Gasteiger charge is 2.15. The minimum Gasteiger partial charge on any atom is -0.493 e. The van der Waals surface area contributed by atoms with E-state index in [0.717, 1.165) is 9.35 Å². The Kier molecular flexibility index (Phi) is 5.13. The maximum atomic E-state index is 12.2. The Labute approximate surface area is 140 Å². The molecule has 0 fully saturated rings. The van der Waals surface area contributed by atoms with Crippen LogP contribution >= 0.6 is 38.9 Å². The van der Waals surface area contributed by atoms with Crippen LogP contribution in [0.15, 0.2) is 22.0 Å². The summed E-state index contributed by atoms with van der Waals surface area (Å²) in [6, 6.07) is 5.05. The quantitative estimate of drug-likeness (QED) is 0.820. The van der Waals surface area contributed by atoms with Crippen LogP contribution in [0.25, 0.3) is 0 Å². The van der Waals surface area contributed by atoms with Gasteiger partial charge in [0.25, 0.3) is 5.91 Å². The first kappa shape index (κ1) is 16.1. The first-order valence-electron chi connectivity index (χ1n) is 5.95. The molecule has 2 rings (SSSR count). The molecule has 112 valence electrons. The Morgan fingerprint density at radius 2 is 1.86 bits per heavy atom. The van der Waals surface area contributed by atoms with E-state index in [0.29, 0.717) is 27.1 Å². The molecule has 2 aromatic rings. The number of nitrogens with one attached hydrogen (secondary N) is 1. The lowest BCUT2D eigenvalue weighted by atomic mass is 10.2. The van der Waals surface area contributed by atoms with E-state index in [1.165, 1.54) is 25.6 Å². The van der Waals surface area contributed by atoms with Crippen LogP contribution in [-0.4, -0.2) is 20.1 Å². The average Bonchev–Trinajstić information content (AvgIpc) is 2.80. The van der Waals surface area contributed by atoms with Crippen LogP contribution in [0.2, 0.25) is 5.02 Å². The number of benzene rings is 1. The lowest BCUT2D eigenvalue weighted by Crippen LogP contribution is -2.10. The molecule has 1 N–H and O–H groups in total. The topological polar surface area (TPSA) is 47.6 Å². The maximum absolute atomic E-state index is 12.2. The fraction of sp³-hybridized carbons (Fsp3) is 0.214. The van der Waals surface area contributed by atoms with Crippen molar-refractivity contribution in [3.05, 3.63) is 37.4 Å². The fourth-order valence-electron chi connectivity index (χ4n) is 1.71. The molecule has 0 atom stereocenters. The van der Waals surface area contributed by atoms with Crippen LogP contribution < -0.4 is 14.8 Å². The summed E-state index contributed by atoms with van der Waals surface area (Å²) >= 11 is 10.9. The van der Waals surface area contributed by atoms with Crippen LogP contribution in [-0.2, 0) is 0 Å². The van der Waals surface area contributed by atoms with Gasteiger partial charge in [0.1, 0.15) is 0 Å². The van der Waals surface area contributed by atoms with Gasteiger partial charge in [0.15, 0.2) is 11.5 Å². The molecule has 0 saturated carbocycles. The van der Waals surface area contributed by atoms with E-state index in [-0.39, 0.29) is 5.91 Å². The van der Waals surface area contributed by atoms with E-state index < -0.39 is 0 Å². The van der Waals surface area contributed by atoms with Crippen molar-refractivity contribution in [1.29, 1.82) is 0 Å². The Bertz CT molecular complexity index is 668. The molecule has 0 aliphatic heterocycles. The molecule has 0 aliphatic rings. The number of aryl methyl sites for hydroxylation is 1. The first-order valence-corrected chi connectivity index (χ1v) is 7.93. The zero-order valence-corrected chi connectivity index (χ0v) is 14.8. The van der Waals surface area contributed by atoms with Crippen LogP contribution in [0.1, 0.15) is 15.2 Å². The fourth-order valence-corrected chi connectivity index (χ4v) is 3.34. The summed E-state index contributed by atoms with van der Waals surface area (Å²) in [6.45, 7) is 1.93. The third kappa shape index (κ3) is 3.51. The van der Waals surface area contributed by atoms with Gasteiger partial charge in [0.05, 0.1) is 33.6 Å². The number of methoxy groups -OCH3 is 2. The molecule has 1 aromatic heterocycles. The Hall–Kier alpha value is -1.24. The van der Waals surface area contributed by atoms with Crippen LogP contribution in [0, 0.1) is 6.92 Å². The number of hydrogen-bond acceptors (Lipinski definition) is 4.